The summed E-state index contributed by atoms with van der Waals surface area (Å²) in [6.45, 7) is 0. The molecular formula is C7H4F5NO2. The van der Waals surface area contributed by atoms with Crippen molar-refractivity contribution in [3.8, 4) is 5.88 Å². The lowest BCUT2D eigenvalue weighted by atomic mass is 10.3. The van der Waals surface area contributed by atoms with E-state index in [1.54, 1.807) is 4.98 Å². The van der Waals surface area contributed by atoms with E-state index in [2.05, 4.69) is 4.74 Å². The van der Waals surface area contributed by atoms with Crippen LogP contribution in [0, 0.1) is 0 Å². The van der Waals surface area contributed by atoms with Crippen LogP contribution in [0.3, 0.4) is 0 Å². The molecular weight excluding hydrogens is 225 g/mol. The number of ether oxygens (including phenoxy) is 1. The van der Waals surface area contributed by atoms with E-state index >= 15 is 0 Å². The molecule has 0 aliphatic carbocycles. The van der Waals surface area contributed by atoms with E-state index < -0.39 is 29.8 Å². The van der Waals surface area contributed by atoms with Crippen molar-refractivity contribution in [2.75, 3.05) is 0 Å². The second-order valence-electron chi connectivity index (χ2n) is 2.49. The predicted octanol–water partition coefficient (Wildman–Crippen LogP) is 2.21. The molecule has 0 aliphatic heterocycles. The molecule has 3 nitrogen and oxygen atoms in total. The van der Waals surface area contributed by atoms with Crippen LogP contribution in [0.15, 0.2) is 16.9 Å². The van der Waals surface area contributed by atoms with Crippen LogP contribution in [-0.4, -0.2) is 11.3 Å². The lowest BCUT2D eigenvalue weighted by molar-refractivity contribution is -0.276. The highest BCUT2D eigenvalue weighted by atomic mass is 19.4. The summed E-state index contributed by atoms with van der Waals surface area (Å²) in [5.41, 5.74) is -1.93. The van der Waals surface area contributed by atoms with E-state index in [1.165, 1.54) is 0 Å². The monoisotopic (exact) mass is 229 g/mol. The average molecular weight is 229 g/mol. The van der Waals surface area contributed by atoms with E-state index in [-0.39, 0.29) is 0 Å². The van der Waals surface area contributed by atoms with Crippen molar-refractivity contribution >= 4 is 0 Å². The fraction of sp³-hybridized carbons (Fsp3) is 0.286. The Hall–Kier alpha value is -1.60. The van der Waals surface area contributed by atoms with Gasteiger partial charge in [-0.05, 0) is 0 Å². The molecule has 15 heavy (non-hydrogen) atoms. The van der Waals surface area contributed by atoms with E-state index in [0.29, 0.717) is 12.1 Å². The van der Waals surface area contributed by atoms with Crippen LogP contribution < -0.4 is 10.3 Å². The summed E-state index contributed by atoms with van der Waals surface area (Å²) >= 11 is 0. The van der Waals surface area contributed by atoms with Gasteiger partial charge in [-0.3, -0.25) is 9.78 Å². The number of hydrogen-bond acceptors (Lipinski definition) is 2. The maximum atomic E-state index is 12.1. The van der Waals surface area contributed by atoms with Crippen LogP contribution in [0.1, 0.15) is 12.0 Å². The summed E-state index contributed by atoms with van der Waals surface area (Å²) in [7, 11) is 0. The number of halogens is 5. The lowest BCUT2D eigenvalue weighted by Crippen LogP contribution is -2.20. The van der Waals surface area contributed by atoms with Crippen molar-refractivity contribution in [1.82, 2.24) is 4.98 Å². The second kappa shape index (κ2) is 3.87. The molecule has 8 heteroatoms. The van der Waals surface area contributed by atoms with Gasteiger partial charge in [0, 0.05) is 17.7 Å². The van der Waals surface area contributed by atoms with Crippen LogP contribution in [-0.2, 0) is 0 Å². The van der Waals surface area contributed by atoms with Crippen LogP contribution in [0.25, 0.3) is 0 Å². The maximum absolute atomic E-state index is 12.1. The first-order valence-corrected chi connectivity index (χ1v) is 3.56. The van der Waals surface area contributed by atoms with Gasteiger partial charge in [0.15, 0.2) is 0 Å². The predicted molar refractivity (Wildman–Crippen MR) is 38.7 cm³/mol. The third-order valence-corrected chi connectivity index (χ3v) is 1.32. The molecule has 84 valence electrons. The summed E-state index contributed by atoms with van der Waals surface area (Å²) in [4.78, 5) is 12.3. The van der Waals surface area contributed by atoms with Crippen LogP contribution in [0.5, 0.6) is 5.88 Å². The lowest BCUT2D eigenvalue weighted by Gasteiger charge is -2.08. The number of rotatable bonds is 2. The third-order valence-electron chi connectivity index (χ3n) is 1.32. The Balaban J connectivity index is 3.05. The Morgan fingerprint density at radius 2 is 1.87 bits per heavy atom. The largest absolute Gasteiger partial charge is 0.574 e. The zero-order valence-corrected chi connectivity index (χ0v) is 6.94. The highest BCUT2D eigenvalue weighted by molar-refractivity contribution is 5.21. The normalized spacial score (nSPS) is 11.9. The molecule has 0 radical (unpaired) electrons. The first-order chi connectivity index (χ1) is 6.78. The summed E-state index contributed by atoms with van der Waals surface area (Å²) < 4.78 is 62.4. The zero-order chi connectivity index (χ0) is 11.6. The van der Waals surface area contributed by atoms with E-state index in [1.807, 2.05) is 0 Å². The Kier molecular flexibility index (Phi) is 2.96. The molecule has 0 bridgehead atoms. The molecule has 0 aliphatic rings. The zero-order valence-electron chi connectivity index (χ0n) is 6.94. The molecule has 0 saturated carbocycles. The van der Waals surface area contributed by atoms with Crippen molar-refractivity contribution in [3.63, 3.8) is 0 Å². The highest BCUT2D eigenvalue weighted by Crippen LogP contribution is 2.24. The summed E-state index contributed by atoms with van der Waals surface area (Å²) in [5.74, 6) is -1.06. The van der Waals surface area contributed by atoms with Crippen molar-refractivity contribution in [1.29, 1.82) is 0 Å². The molecule has 0 saturated heterocycles. The van der Waals surface area contributed by atoms with Gasteiger partial charge in [0.25, 0.3) is 12.0 Å². The van der Waals surface area contributed by atoms with Crippen LogP contribution >= 0.6 is 0 Å². The fourth-order valence-electron chi connectivity index (χ4n) is 0.844. The van der Waals surface area contributed by atoms with Gasteiger partial charge in [0.1, 0.15) is 0 Å². The molecule has 0 fully saturated rings. The molecule has 1 rings (SSSR count). The minimum Gasteiger partial charge on any atom is -0.390 e. The van der Waals surface area contributed by atoms with Gasteiger partial charge in [0.2, 0.25) is 5.88 Å². The smallest absolute Gasteiger partial charge is 0.390 e. The molecule has 1 N–H and O–H groups in total. The van der Waals surface area contributed by atoms with Gasteiger partial charge >= 0.3 is 6.36 Å². The topological polar surface area (TPSA) is 42.1 Å². The average Bonchev–Trinajstić information content (AvgIpc) is 1.99. The van der Waals surface area contributed by atoms with E-state index in [4.69, 9.17) is 0 Å². The number of nitrogens with one attached hydrogen (secondary N) is 1. The van der Waals surface area contributed by atoms with Gasteiger partial charge in [-0.2, -0.15) is 0 Å². The summed E-state index contributed by atoms with van der Waals surface area (Å²) in [6, 6.07) is 0.910. The van der Waals surface area contributed by atoms with Gasteiger partial charge in [0.05, 0.1) is 0 Å². The fourth-order valence-corrected chi connectivity index (χ4v) is 0.844. The maximum Gasteiger partial charge on any atom is 0.574 e. The van der Waals surface area contributed by atoms with Crippen LogP contribution in [0.4, 0.5) is 22.0 Å². The Bertz CT molecular complexity index is 397. The molecule has 0 atom stereocenters. The molecule has 0 amide bonds. The van der Waals surface area contributed by atoms with E-state index in [9.17, 15) is 26.7 Å². The van der Waals surface area contributed by atoms with Crippen molar-refractivity contribution in [3.05, 3.63) is 28.0 Å². The van der Waals surface area contributed by atoms with Gasteiger partial charge in [-0.1, -0.05) is 0 Å². The Morgan fingerprint density at radius 3 is 2.33 bits per heavy atom. The number of hydrogen-bond donors (Lipinski definition) is 1. The first kappa shape index (κ1) is 11.5. The first-order valence-electron chi connectivity index (χ1n) is 3.56. The van der Waals surface area contributed by atoms with Crippen molar-refractivity contribution in [2.24, 2.45) is 0 Å². The minimum absolute atomic E-state index is 0.416. The summed E-state index contributed by atoms with van der Waals surface area (Å²) in [6.07, 6.45) is -8.08. The number of alkyl halides is 5. The van der Waals surface area contributed by atoms with Gasteiger partial charge in [-0.15, -0.1) is 13.2 Å². The van der Waals surface area contributed by atoms with Gasteiger partial charge in [-0.25, -0.2) is 8.78 Å². The Morgan fingerprint density at radius 1 is 1.27 bits per heavy atom. The second-order valence-corrected chi connectivity index (χ2v) is 2.49. The molecule has 1 aromatic rings. The molecule has 0 spiro atoms. The minimum atomic E-state index is -5.04. The Labute approximate surface area is 79.5 Å². The standard InChI is InChI=1S/C7H4F5NO2/c8-6(9)3-1-4(14)13-5(2-3)15-7(10,11)12/h1-2,6H,(H,13,14). The number of aromatic nitrogens is 1. The number of aromatic amines is 1. The van der Waals surface area contributed by atoms with Crippen molar-refractivity contribution in [2.45, 2.75) is 12.8 Å². The SMILES string of the molecule is O=c1cc(C(F)F)cc(OC(F)(F)F)[nH]1. The third kappa shape index (κ3) is 3.56. The quantitative estimate of drug-likeness (QED) is 0.790. The molecule has 1 heterocycles. The molecule has 1 aromatic heterocycles. The summed E-state index contributed by atoms with van der Waals surface area (Å²) in [5, 5.41) is 0. The highest BCUT2D eigenvalue weighted by Gasteiger charge is 2.32. The van der Waals surface area contributed by atoms with Gasteiger partial charge < -0.3 is 4.74 Å². The molecule has 0 unspecified atom stereocenters. The molecule has 0 aromatic carbocycles. The van der Waals surface area contributed by atoms with E-state index in [0.717, 1.165) is 0 Å². The number of H-pyrrole nitrogens is 1. The van der Waals surface area contributed by atoms with Crippen molar-refractivity contribution < 1.29 is 26.7 Å². The van der Waals surface area contributed by atoms with Crippen LogP contribution in [0.2, 0.25) is 0 Å². The number of pyridine rings is 1.